The van der Waals surface area contributed by atoms with E-state index in [9.17, 15) is 24.0 Å². The number of piperidine rings is 1. The van der Waals surface area contributed by atoms with Crippen LogP contribution >= 0.6 is 0 Å². The van der Waals surface area contributed by atoms with E-state index in [4.69, 9.17) is 37.6 Å². The molecule has 0 aliphatic carbocycles. The molecular weight excluding hydrogens is 710 g/mol. The Balaban J connectivity index is 1.07. The summed E-state index contributed by atoms with van der Waals surface area (Å²) in [4.78, 5) is 63.5. The summed E-state index contributed by atoms with van der Waals surface area (Å²) in [5, 5.41) is 4.91. The quantitative estimate of drug-likeness (QED) is 0.0662. The topological polar surface area (TPSA) is 186 Å². The molecule has 0 aromatic heterocycles. The fraction of sp³-hybridized carbons (Fsp3) is 0.694. The van der Waals surface area contributed by atoms with Crippen molar-refractivity contribution in [2.75, 3.05) is 104 Å². The third kappa shape index (κ3) is 17.3. The van der Waals surface area contributed by atoms with Gasteiger partial charge in [-0.15, -0.1) is 0 Å². The lowest BCUT2D eigenvalue weighted by Gasteiger charge is -2.27. The average Bonchev–Trinajstić information content (AvgIpc) is 3.36. The maximum Gasteiger partial charge on any atom is 0.264 e. The number of anilines is 1. The first-order valence-corrected chi connectivity index (χ1v) is 21.8. The molecule has 2 heterocycles. The van der Waals surface area contributed by atoms with E-state index >= 15 is 0 Å². The molecule has 0 bridgehead atoms. The number of hydrogen-bond donors (Lipinski definition) is 2. The summed E-state index contributed by atoms with van der Waals surface area (Å²) in [5.74, 6) is -2.70. The predicted octanol–water partition coefficient (Wildman–Crippen LogP) is 2.55. The van der Waals surface area contributed by atoms with Gasteiger partial charge in [0.15, 0.2) is 8.32 Å². The molecule has 16 nitrogen and oxygen atoms in total. The van der Waals surface area contributed by atoms with Crippen LogP contribution in [0.5, 0.6) is 0 Å². The molecule has 1 fully saturated rings. The van der Waals surface area contributed by atoms with Crippen LogP contribution in [0.3, 0.4) is 0 Å². The second kappa shape index (κ2) is 25.0. The number of carbonyl (C=O) groups is 5. The first kappa shape index (κ1) is 44.3. The summed E-state index contributed by atoms with van der Waals surface area (Å²) < 4.78 is 44.2. The standard InChI is InChI=1S/C36H57N3O13Si/c1-53(2,3)52-27-26-51-25-24-50-23-22-49-21-20-48-19-18-47-17-16-46-15-14-45-13-6-4-5-10-31(40)37-29-9-7-8-28-33(29)36(44)39(35(28)43)30-11-12-32(41)38-34(30)42/h7-9,30H,4-6,10-27H2,1-3H3,(H,37,40)(H,38,41,42). The molecule has 3 rings (SSSR count). The molecule has 1 aromatic rings. The Bertz CT molecular complexity index is 1310. The summed E-state index contributed by atoms with van der Waals surface area (Å²) in [6.07, 6.45) is 2.48. The van der Waals surface area contributed by atoms with Gasteiger partial charge < -0.3 is 42.9 Å². The third-order valence-corrected chi connectivity index (χ3v) is 9.00. The van der Waals surface area contributed by atoms with Crippen LogP contribution in [0.4, 0.5) is 5.69 Å². The maximum atomic E-state index is 13.2. The van der Waals surface area contributed by atoms with E-state index in [2.05, 4.69) is 30.3 Å². The van der Waals surface area contributed by atoms with Crippen LogP contribution in [0.15, 0.2) is 18.2 Å². The average molecular weight is 768 g/mol. The van der Waals surface area contributed by atoms with Gasteiger partial charge in [0.2, 0.25) is 17.7 Å². The van der Waals surface area contributed by atoms with E-state index in [0.29, 0.717) is 106 Å². The normalized spacial score (nSPS) is 16.0. The molecule has 1 aromatic carbocycles. The third-order valence-electron chi connectivity index (χ3n) is 7.93. The van der Waals surface area contributed by atoms with Crippen molar-refractivity contribution in [3.05, 3.63) is 29.3 Å². The number of imide groups is 2. The highest BCUT2D eigenvalue weighted by atomic mass is 28.4. The van der Waals surface area contributed by atoms with E-state index in [0.717, 1.165) is 17.7 Å². The monoisotopic (exact) mass is 767 g/mol. The molecule has 2 aliphatic rings. The first-order valence-electron chi connectivity index (χ1n) is 18.4. The minimum Gasteiger partial charge on any atom is -0.415 e. The van der Waals surface area contributed by atoms with Crippen molar-refractivity contribution in [2.24, 2.45) is 0 Å². The van der Waals surface area contributed by atoms with Gasteiger partial charge in [0.1, 0.15) is 6.04 Å². The summed E-state index contributed by atoms with van der Waals surface area (Å²) in [6.45, 7) is 14.0. The van der Waals surface area contributed by atoms with Crippen molar-refractivity contribution < 1.29 is 61.6 Å². The van der Waals surface area contributed by atoms with Gasteiger partial charge in [0.25, 0.3) is 11.8 Å². The van der Waals surface area contributed by atoms with E-state index in [1.807, 2.05) is 0 Å². The van der Waals surface area contributed by atoms with Gasteiger partial charge in [0.05, 0.1) is 109 Å². The second-order valence-electron chi connectivity index (χ2n) is 13.3. The molecule has 0 saturated carbocycles. The number of nitrogens with zero attached hydrogens (tertiary/aromatic N) is 1. The molecule has 1 saturated heterocycles. The van der Waals surface area contributed by atoms with E-state index in [1.54, 1.807) is 12.1 Å². The summed E-state index contributed by atoms with van der Waals surface area (Å²) in [5.41, 5.74) is 0.391. The Kier molecular flexibility index (Phi) is 20.9. The van der Waals surface area contributed by atoms with Crippen molar-refractivity contribution in [3.8, 4) is 0 Å². The minimum atomic E-state index is -1.47. The van der Waals surface area contributed by atoms with E-state index in [1.165, 1.54) is 6.07 Å². The zero-order chi connectivity index (χ0) is 38.3. The Labute approximate surface area is 312 Å². The molecule has 1 atom stereocenters. The largest absolute Gasteiger partial charge is 0.415 e. The van der Waals surface area contributed by atoms with Gasteiger partial charge in [-0.1, -0.05) is 12.5 Å². The molecule has 5 amide bonds. The van der Waals surface area contributed by atoms with E-state index < -0.39 is 38.0 Å². The molecule has 2 N–H and O–H groups in total. The van der Waals surface area contributed by atoms with Crippen LogP contribution < -0.4 is 10.6 Å². The van der Waals surface area contributed by atoms with Gasteiger partial charge in [-0.25, -0.2) is 0 Å². The highest BCUT2D eigenvalue weighted by Crippen LogP contribution is 2.32. The number of carbonyl (C=O) groups excluding carboxylic acids is 5. The number of ether oxygens (including phenoxy) is 7. The highest BCUT2D eigenvalue weighted by Gasteiger charge is 2.45. The van der Waals surface area contributed by atoms with Crippen molar-refractivity contribution >= 4 is 43.5 Å². The Hall–Kier alpha value is -3.13. The number of nitrogens with one attached hydrogen (secondary N) is 2. The molecule has 298 valence electrons. The summed E-state index contributed by atoms with van der Waals surface area (Å²) >= 11 is 0. The SMILES string of the molecule is C[Si](C)(C)OCCOCCOCCOCCOCCOCCOCCOCCCCCC(=O)Nc1cccc2c1C(=O)N(C1CCC(=O)NC1=O)C2=O. The van der Waals surface area contributed by atoms with Crippen LogP contribution in [-0.4, -0.2) is 148 Å². The maximum absolute atomic E-state index is 13.2. The van der Waals surface area contributed by atoms with Crippen LogP contribution in [0.1, 0.15) is 59.2 Å². The molecule has 1 unspecified atom stereocenters. The number of benzene rings is 1. The second-order valence-corrected chi connectivity index (χ2v) is 17.8. The lowest BCUT2D eigenvalue weighted by atomic mass is 10.0. The van der Waals surface area contributed by atoms with Crippen molar-refractivity contribution in [1.29, 1.82) is 0 Å². The number of fused-ring (bicyclic) bond motifs is 1. The van der Waals surface area contributed by atoms with Gasteiger partial charge in [0, 0.05) is 19.4 Å². The predicted molar refractivity (Wildman–Crippen MR) is 195 cm³/mol. The molecule has 0 spiro atoms. The summed E-state index contributed by atoms with van der Waals surface area (Å²) in [7, 11) is -1.47. The lowest BCUT2D eigenvalue weighted by molar-refractivity contribution is -0.136. The Morgan fingerprint density at radius 3 is 1.72 bits per heavy atom. The Morgan fingerprint density at radius 1 is 0.698 bits per heavy atom. The van der Waals surface area contributed by atoms with Crippen LogP contribution in [0.2, 0.25) is 19.6 Å². The van der Waals surface area contributed by atoms with Crippen molar-refractivity contribution in [3.63, 3.8) is 0 Å². The van der Waals surface area contributed by atoms with Crippen LogP contribution in [0, 0.1) is 0 Å². The number of amides is 5. The smallest absolute Gasteiger partial charge is 0.264 e. The first-order chi connectivity index (χ1) is 25.6. The van der Waals surface area contributed by atoms with Crippen molar-refractivity contribution in [2.45, 2.75) is 64.2 Å². The fourth-order valence-electron chi connectivity index (χ4n) is 5.33. The van der Waals surface area contributed by atoms with Crippen LogP contribution in [-0.2, 0) is 52.0 Å². The summed E-state index contributed by atoms with van der Waals surface area (Å²) in [6, 6.07) is 3.54. The fourth-order valence-corrected chi connectivity index (χ4v) is 6.02. The molecular formula is C36H57N3O13Si. The van der Waals surface area contributed by atoms with Crippen LogP contribution in [0.25, 0.3) is 0 Å². The number of hydrogen-bond acceptors (Lipinski definition) is 13. The molecule has 0 radical (unpaired) electrons. The number of rotatable bonds is 30. The van der Waals surface area contributed by atoms with E-state index in [-0.39, 0.29) is 42.0 Å². The zero-order valence-electron chi connectivity index (χ0n) is 31.4. The van der Waals surface area contributed by atoms with Gasteiger partial charge >= 0.3 is 0 Å². The highest BCUT2D eigenvalue weighted by molar-refractivity contribution is 6.69. The minimum absolute atomic E-state index is 0.0310. The lowest BCUT2D eigenvalue weighted by Crippen LogP contribution is -2.54. The van der Waals surface area contributed by atoms with Gasteiger partial charge in [-0.05, 0) is 51.0 Å². The van der Waals surface area contributed by atoms with Gasteiger partial charge in [-0.2, -0.15) is 0 Å². The van der Waals surface area contributed by atoms with Gasteiger partial charge in [-0.3, -0.25) is 34.2 Å². The molecule has 2 aliphatic heterocycles. The van der Waals surface area contributed by atoms with Crippen molar-refractivity contribution in [1.82, 2.24) is 10.2 Å². The molecule has 17 heteroatoms. The molecule has 53 heavy (non-hydrogen) atoms. The number of unbranched alkanes of at least 4 members (excludes halogenated alkanes) is 2. The zero-order valence-corrected chi connectivity index (χ0v) is 32.4. The Morgan fingerprint density at radius 2 is 1.21 bits per heavy atom.